The normalized spacial score (nSPS) is 15.7. The van der Waals surface area contributed by atoms with E-state index in [1.807, 2.05) is 12.6 Å². The first-order valence-electron chi connectivity index (χ1n) is 5.80. The first-order valence-corrected chi connectivity index (χ1v) is 9.24. The Morgan fingerprint density at radius 2 is 1.94 bits per heavy atom. The van der Waals surface area contributed by atoms with Crippen LogP contribution in [0, 0.1) is 5.82 Å². The molecule has 0 aliphatic rings. The molecule has 1 aromatic rings. The van der Waals surface area contributed by atoms with Crippen LogP contribution in [0.25, 0.3) is 0 Å². The molecule has 1 nitrogen and oxygen atoms in total. The van der Waals surface area contributed by atoms with E-state index in [9.17, 15) is 9.19 Å². The molecule has 1 N–H and O–H groups in total. The number of benzene rings is 1. The summed E-state index contributed by atoms with van der Waals surface area (Å²) >= 11 is 3.24. The Labute approximate surface area is 112 Å². The number of halogens is 2. The van der Waals surface area contributed by atoms with Crippen LogP contribution < -0.4 is 0 Å². The summed E-state index contributed by atoms with van der Waals surface area (Å²) in [7, 11) is -2.30. The minimum absolute atomic E-state index is 0.0706. The average molecular weight is 319 g/mol. The topological polar surface area (TPSA) is 20.2 Å². The molecule has 0 bridgehead atoms. The van der Waals surface area contributed by atoms with Crippen molar-refractivity contribution in [1.29, 1.82) is 0 Å². The van der Waals surface area contributed by atoms with Gasteiger partial charge in [-0.05, 0) is 41.7 Å². The first-order chi connectivity index (χ1) is 7.63. The van der Waals surface area contributed by atoms with Crippen molar-refractivity contribution in [1.82, 2.24) is 0 Å². The molecule has 17 heavy (non-hydrogen) atoms. The minimum atomic E-state index is -2.30. The lowest BCUT2D eigenvalue weighted by Crippen LogP contribution is -2.41. The van der Waals surface area contributed by atoms with E-state index in [1.165, 1.54) is 6.07 Å². The van der Waals surface area contributed by atoms with Gasteiger partial charge in [-0.15, -0.1) is 0 Å². The second kappa shape index (κ2) is 5.20. The number of rotatable bonds is 3. The second-order valence-electron chi connectivity index (χ2n) is 5.76. The largest absolute Gasteiger partial charge is 0.431 e. The van der Waals surface area contributed by atoms with E-state index in [2.05, 4.69) is 36.7 Å². The van der Waals surface area contributed by atoms with Crippen molar-refractivity contribution in [2.75, 3.05) is 0 Å². The molecule has 0 saturated heterocycles. The van der Waals surface area contributed by atoms with E-state index in [-0.39, 0.29) is 10.9 Å². The van der Waals surface area contributed by atoms with E-state index in [0.717, 1.165) is 4.47 Å². The molecular weight excluding hydrogens is 299 g/mol. The lowest BCUT2D eigenvalue weighted by Gasteiger charge is -2.34. The molecule has 0 heterocycles. The summed E-state index contributed by atoms with van der Waals surface area (Å²) < 4.78 is 14.4. The molecule has 0 aliphatic heterocycles. The average Bonchev–Trinajstić information content (AvgIpc) is 2.14. The van der Waals surface area contributed by atoms with Gasteiger partial charge in [-0.25, -0.2) is 4.39 Å². The van der Waals surface area contributed by atoms with Crippen LogP contribution >= 0.6 is 15.9 Å². The molecular formula is C13H20BrFOSi. The molecule has 1 aromatic carbocycles. The van der Waals surface area contributed by atoms with E-state index >= 15 is 0 Å². The molecule has 0 amide bonds. The van der Waals surface area contributed by atoms with Crippen LogP contribution in [0.3, 0.4) is 0 Å². The van der Waals surface area contributed by atoms with Crippen molar-refractivity contribution in [3.05, 3.63) is 34.1 Å². The highest BCUT2D eigenvalue weighted by atomic mass is 79.9. The van der Waals surface area contributed by atoms with Crippen LogP contribution in [0.4, 0.5) is 4.39 Å². The fraction of sp³-hybridized carbons (Fsp3) is 0.538. The van der Waals surface area contributed by atoms with E-state index in [0.29, 0.717) is 18.0 Å². The molecule has 1 unspecified atom stereocenters. The van der Waals surface area contributed by atoms with Crippen LogP contribution in [0.1, 0.15) is 26.3 Å². The van der Waals surface area contributed by atoms with Crippen molar-refractivity contribution in [3.63, 3.8) is 0 Å². The Kier molecular flexibility index (Phi) is 4.55. The van der Waals surface area contributed by atoms with Crippen molar-refractivity contribution < 1.29 is 9.19 Å². The molecule has 0 aliphatic carbocycles. The van der Waals surface area contributed by atoms with Gasteiger partial charge in [0.1, 0.15) is 5.82 Å². The highest BCUT2D eigenvalue weighted by Gasteiger charge is 2.38. The molecule has 0 aromatic heterocycles. The Balaban J connectivity index is 2.74. The third-order valence-electron chi connectivity index (χ3n) is 3.51. The summed E-state index contributed by atoms with van der Waals surface area (Å²) in [5, 5.41) is -0.0706. The second-order valence-corrected chi connectivity index (χ2v) is 11.2. The van der Waals surface area contributed by atoms with Crippen LogP contribution in [0.5, 0.6) is 0 Å². The Morgan fingerprint density at radius 3 is 2.41 bits per heavy atom. The van der Waals surface area contributed by atoms with Gasteiger partial charge in [-0.3, -0.25) is 0 Å². The summed E-state index contributed by atoms with van der Waals surface area (Å²) in [6.07, 6.45) is 0.607. The summed E-state index contributed by atoms with van der Waals surface area (Å²) in [5.41, 5.74) is 0.685. The lowest BCUT2D eigenvalue weighted by molar-refractivity contribution is 0.473. The van der Waals surface area contributed by atoms with Crippen LogP contribution in [0.15, 0.2) is 22.7 Å². The van der Waals surface area contributed by atoms with Gasteiger partial charge < -0.3 is 4.80 Å². The maximum Gasteiger partial charge on any atom is 0.191 e. The number of hydrogen-bond acceptors (Lipinski definition) is 1. The van der Waals surface area contributed by atoms with Crippen LogP contribution in [0.2, 0.25) is 17.6 Å². The molecule has 0 radical (unpaired) electrons. The van der Waals surface area contributed by atoms with Crippen molar-refractivity contribution in [2.45, 2.75) is 44.8 Å². The van der Waals surface area contributed by atoms with Gasteiger partial charge in [-0.2, -0.15) is 0 Å². The third kappa shape index (κ3) is 3.90. The number of aryl methyl sites for hydroxylation is 1. The van der Waals surface area contributed by atoms with Gasteiger partial charge >= 0.3 is 0 Å². The van der Waals surface area contributed by atoms with Gasteiger partial charge in [0.2, 0.25) is 0 Å². The maximum atomic E-state index is 13.6. The van der Waals surface area contributed by atoms with Gasteiger partial charge in [0.25, 0.3) is 0 Å². The van der Waals surface area contributed by atoms with Crippen LogP contribution in [-0.2, 0) is 6.42 Å². The Morgan fingerprint density at radius 1 is 1.35 bits per heavy atom. The first kappa shape index (κ1) is 14.9. The number of hydrogen-bond donors (Lipinski definition) is 1. The molecule has 1 atom stereocenters. The Hall–Kier alpha value is -0.193. The fourth-order valence-electron chi connectivity index (χ4n) is 1.48. The smallest absolute Gasteiger partial charge is 0.191 e. The van der Waals surface area contributed by atoms with Crippen molar-refractivity contribution in [2.24, 2.45) is 0 Å². The lowest BCUT2D eigenvalue weighted by atomic mass is 10.2. The highest BCUT2D eigenvalue weighted by molar-refractivity contribution is 9.10. The summed E-state index contributed by atoms with van der Waals surface area (Å²) in [6.45, 7) is 8.11. The van der Waals surface area contributed by atoms with E-state index in [1.54, 1.807) is 6.07 Å². The molecule has 0 spiro atoms. The molecule has 4 heteroatoms. The van der Waals surface area contributed by atoms with Crippen LogP contribution in [-0.4, -0.2) is 13.1 Å². The molecule has 96 valence electrons. The van der Waals surface area contributed by atoms with E-state index < -0.39 is 8.32 Å². The van der Waals surface area contributed by atoms with E-state index in [4.69, 9.17) is 0 Å². The predicted molar refractivity (Wildman–Crippen MR) is 76.2 cm³/mol. The van der Waals surface area contributed by atoms with Crippen molar-refractivity contribution in [3.8, 4) is 0 Å². The standard InChI is InChI=1S/C13H20BrFOSi/c1-13(2,3)17(4,16)8-7-10-5-6-11(14)9-12(10)15/h5-6,9,16H,7-8H2,1-4H3. The monoisotopic (exact) mass is 318 g/mol. The Bertz CT molecular complexity index is 399. The molecule has 0 fully saturated rings. The zero-order valence-electron chi connectivity index (χ0n) is 10.8. The highest BCUT2D eigenvalue weighted by Crippen LogP contribution is 2.37. The predicted octanol–water partition coefficient (Wildman–Crippen LogP) is 4.50. The van der Waals surface area contributed by atoms with Gasteiger partial charge in [0.15, 0.2) is 8.32 Å². The summed E-state index contributed by atoms with van der Waals surface area (Å²) in [6, 6.07) is 5.79. The van der Waals surface area contributed by atoms with Crippen molar-refractivity contribution >= 4 is 24.2 Å². The fourth-order valence-corrected chi connectivity index (χ4v) is 3.32. The third-order valence-corrected chi connectivity index (χ3v) is 8.46. The van der Waals surface area contributed by atoms with Gasteiger partial charge in [0.05, 0.1) is 0 Å². The zero-order valence-corrected chi connectivity index (χ0v) is 13.4. The zero-order chi connectivity index (χ0) is 13.3. The van der Waals surface area contributed by atoms with Gasteiger partial charge in [0, 0.05) is 4.47 Å². The quantitative estimate of drug-likeness (QED) is 0.814. The molecule has 1 rings (SSSR count). The maximum absolute atomic E-state index is 13.6. The molecule has 0 saturated carbocycles. The minimum Gasteiger partial charge on any atom is -0.431 e. The summed E-state index contributed by atoms with van der Waals surface area (Å²) in [4.78, 5) is 10.5. The summed E-state index contributed by atoms with van der Waals surface area (Å²) in [5.74, 6) is -0.196. The van der Waals surface area contributed by atoms with Gasteiger partial charge in [-0.1, -0.05) is 42.8 Å². The SMILES string of the molecule is CC(C)(C)[Si](C)(O)CCc1ccc(Br)cc1F.